The topological polar surface area (TPSA) is 3.24 Å². The monoisotopic (exact) mass is 593 g/mol. The highest BCUT2D eigenvalue weighted by atomic mass is 32.2. The van der Waals surface area contributed by atoms with E-state index in [0.29, 0.717) is 5.41 Å². The summed E-state index contributed by atoms with van der Waals surface area (Å²) in [6.45, 7) is 9.81. The molecule has 222 valence electrons. The number of anilines is 3. The molecule has 1 heterocycles. The minimum atomic E-state index is 0.114. The number of rotatable bonds is 3. The Hall–Kier alpha value is -2.97. The molecular formula is C42H43NS. The van der Waals surface area contributed by atoms with Crippen LogP contribution in [0, 0.1) is 29.1 Å². The molecule has 0 N–H and O–H groups in total. The summed E-state index contributed by atoms with van der Waals surface area (Å²) in [5.41, 5.74) is 11.4. The zero-order valence-electron chi connectivity index (χ0n) is 26.6. The van der Waals surface area contributed by atoms with Crippen LogP contribution in [0.25, 0.3) is 0 Å². The van der Waals surface area contributed by atoms with Crippen molar-refractivity contribution in [3.05, 3.63) is 113 Å². The maximum atomic E-state index is 2.58. The van der Waals surface area contributed by atoms with Gasteiger partial charge in [0.1, 0.15) is 0 Å². The molecule has 6 atom stereocenters. The number of hydrogen-bond acceptors (Lipinski definition) is 2. The average Bonchev–Trinajstić information content (AvgIpc) is 3.55. The first kappa shape index (κ1) is 26.3. The van der Waals surface area contributed by atoms with Gasteiger partial charge in [0.05, 0.1) is 5.69 Å². The molecule has 0 amide bonds. The van der Waals surface area contributed by atoms with Crippen molar-refractivity contribution < 1.29 is 0 Å². The molecule has 1 aliphatic heterocycles. The molecule has 0 radical (unpaired) electrons. The fourth-order valence-electron chi connectivity index (χ4n) is 12.1. The summed E-state index contributed by atoms with van der Waals surface area (Å²) >= 11 is 2.03. The summed E-state index contributed by atoms with van der Waals surface area (Å²) in [5, 5.41) is 0. The Kier molecular flexibility index (Phi) is 5.03. The van der Waals surface area contributed by atoms with Gasteiger partial charge in [0.25, 0.3) is 0 Å². The van der Waals surface area contributed by atoms with E-state index in [4.69, 9.17) is 0 Å². The van der Waals surface area contributed by atoms with Crippen LogP contribution in [0.3, 0.4) is 0 Å². The van der Waals surface area contributed by atoms with Crippen molar-refractivity contribution in [2.45, 2.75) is 92.3 Å². The van der Waals surface area contributed by atoms with Crippen molar-refractivity contribution in [1.82, 2.24) is 0 Å². The highest BCUT2D eigenvalue weighted by Gasteiger charge is 2.84. The van der Waals surface area contributed by atoms with Crippen LogP contribution < -0.4 is 4.90 Å². The predicted octanol–water partition coefficient (Wildman–Crippen LogP) is 11.3. The Morgan fingerprint density at radius 1 is 0.636 bits per heavy atom. The Bertz CT molecular complexity index is 1850. The summed E-state index contributed by atoms with van der Waals surface area (Å²) in [6.07, 6.45) is 8.37. The van der Waals surface area contributed by atoms with Crippen molar-refractivity contribution in [3.63, 3.8) is 0 Å². The molecule has 4 fully saturated rings. The zero-order valence-corrected chi connectivity index (χ0v) is 27.4. The molecule has 4 aromatic rings. The third kappa shape index (κ3) is 3.01. The molecule has 6 unspecified atom stereocenters. The van der Waals surface area contributed by atoms with Gasteiger partial charge in [0.15, 0.2) is 0 Å². The second kappa shape index (κ2) is 8.43. The maximum absolute atomic E-state index is 2.58. The Labute approximate surface area is 267 Å². The van der Waals surface area contributed by atoms with Crippen LogP contribution in [0.15, 0.2) is 101 Å². The number of nitrogens with zero attached hydrogens (tertiary/aromatic N) is 1. The SMILES string of the molecule is CC1(C)CCC(C)(C)c2c(N(c3ccccc3)c3ccc4c(c3)Sc3ccccc3C43C4CC5CC6CC3C64C5)cccc21. The second-order valence-electron chi connectivity index (χ2n) is 16.5. The Balaban J connectivity index is 1.18. The molecule has 2 heteroatoms. The molecule has 5 aliphatic carbocycles. The predicted molar refractivity (Wildman–Crippen MR) is 183 cm³/mol. The van der Waals surface area contributed by atoms with Crippen molar-refractivity contribution in [1.29, 1.82) is 0 Å². The molecule has 4 saturated carbocycles. The highest BCUT2D eigenvalue weighted by Crippen LogP contribution is 2.89. The zero-order chi connectivity index (χ0) is 29.6. The summed E-state index contributed by atoms with van der Waals surface area (Å²) in [6, 6.07) is 35.4. The first-order valence-corrected chi connectivity index (χ1v) is 18.0. The lowest BCUT2D eigenvalue weighted by molar-refractivity contribution is -0.235. The average molecular weight is 594 g/mol. The molecule has 2 bridgehead atoms. The molecule has 4 aromatic carbocycles. The lowest BCUT2D eigenvalue weighted by atomic mass is 9.26. The minimum absolute atomic E-state index is 0.114. The normalized spacial score (nSPS) is 33.8. The smallest absolute Gasteiger partial charge is 0.0502 e. The van der Waals surface area contributed by atoms with E-state index in [0.717, 1.165) is 23.7 Å². The number of fused-ring (bicyclic) bond motifs is 8. The second-order valence-corrected chi connectivity index (χ2v) is 17.6. The lowest BCUT2D eigenvalue weighted by Crippen LogP contribution is -2.74. The standard InChI is InChI=1S/C42H43NS/c1-39(2)19-20-40(3,4)38-32(39)14-10-15-33(38)43(28-11-6-5-7-12-28)29-17-18-31-35(24-29)44-34-16-9-8-13-30(34)42(31)36-22-26-21-27-23-37(42)41(27,36)25-26/h5-18,24,26-27,36-37H,19-23,25H2,1-4H3. The minimum Gasteiger partial charge on any atom is -0.310 e. The van der Waals surface area contributed by atoms with Crippen LogP contribution in [0.2, 0.25) is 0 Å². The first-order valence-electron chi connectivity index (χ1n) is 17.2. The van der Waals surface area contributed by atoms with Gasteiger partial charge in [-0.15, -0.1) is 0 Å². The van der Waals surface area contributed by atoms with Gasteiger partial charge in [-0.25, -0.2) is 0 Å². The number of para-hydroxylation sites is 1. The van der Waals surface area contributed by atoms with Crippen molar-refractivity contribution in [2.75, 3.05) is 4.90 Å². The van der Waals surface area contributed by atoms with Gasteiger partial charge in [0, 0.05) is 26.6 Å². The van der Waals surface area contributed by atoms with Gasteiger partial charge in [-0.05, 0) is 137 Å². The van der Waals surface area contributed by atoms with E-state index in [-0.39, 0.29) is 16.2 Å². The van der Waals surface area contributed by atoms with E-state index in [9.17, 15) is 0 Å². The largest absolute Gasteiger partial charge is 0.310 e. The van der Waals surface area contributed by atoms with E-state index in [1.807, 2.05) is 11.8 Å². The van der Waals surface area contributed by atoms with E-state index < -0.39 is 0 Å². The van der Waals surface area contributed by atoms with Crippen molar-refractivity contribution in [2.24, 2.45) is 29.1 Å². The summed E-state index contributed by atoms with van der Waals surface area (Å²) in [5.74, 6) is 3.65. The van der Waals surface area contributed by atoms with Crippen LogP contribution in [0.1, 0.15) is 88.5 Å². The molecule has 0 aromatic heterocycles. The van der Waals surface area contributed by atoms with Crippen molar-refractivity contribution in [3.8, 4) is 0 Å². The van der Waals surface area contributed by atoms with Crippen LogP contribution in [-0.2, 0) is 16.2 Å². The molecule has 6 aliphatic rings. The van der Waals surface area contributed by atoms with E-state index in [2.05, 4.69) is 124 Å². The fourth-order valence-corrected chi connectivity index (χ4v) is 13.4. The van der Waals surface area contributed by atoms with E-state index in [1.54, 1.807) is 11.1 Å². The van der Waals surface area contributed by atoms with Crippen LogP contribution in [0.5, 0.6) is 0 Å². The molecule has 44 heavy (non-hydrogen) atoms. The quantitative estimate of drug-likeness (QED) is 0.232. The number of hydrogen-bond donors (Lipinski definition) is 0. The summed E-state index contributed by atoms with van der Waals surface area (Å²) in [4.78, 5) is 5.58. The molecule has 2 spiro atoms. The number of benzene rings is 4. The van der Waals surface area contributed by atoms with E-state index in [1.165, 1.54) is 76.5 Å². The van der Waals surface area contributed by atoms with Gasteiger partial charge >= 0.3 is 0 Å². The first-order chi connectivity index (χ1) is 21.2. The summed E-state index contributed by atoms with van der Waals surface area (Å²) in [7, 11) is 0. The fraction of sp³-hybridized carbons (Fsp3) is 0.429. The Morgan fingerprint density at radius 3 is 2.20 bits per heavy atom. The maximum Gasteiger partial charge on any atom is 0.0502 e. The molecule has 10 rings (SSSR count). The van der Waals surface area contributed by atoms with Gasteiger partial charge in [-0.3, -0.25) is 0 Å². The van der Waals surface area contributed by atoms with E-state index >= 15 is 0 Å². The van der Waals surface area contributed by atoms with Crippen LogP contribution in [0.4, 0.5) is 17.1 Å². The highest BCUT2D eigenvalue weighted by molar-refractivity contribution is 7.99. The van der Waals surface area contributed by atoms with Crippen LogP contribution >= 0.6 is 11.8 Å². The van der Waals surface area contributed by atoms with Crippen LogP contribution in [-0.4, -0.2) is 0 Å². The summed E-state index contributed by atoms with van der Waals surface area (Å²) < 4.78 is 0. The van der Waals surface area contributed by atoms with Gasteiger partial charge < -0.3 is 4.90 Å². The third-order valence-corrected chi connectivity index (χ3v) is 14.9. The lowest BCUT2D eigenvalue weighted by Gasteiger charge is -2.78. The van der Waals surface area contributed by atoms with Crippen molar-refractivity contribution >= 4 is 28.8 Å². The molecular weight excluding hydrogens is 551 g/mol. The third-order valence-electron chi connectivity index (χ3n) is 13.8. The van der Waals surface area contributed by atoms with Gasteiger partial charge in [-0.1, -0.05) is 94.1 Å². The van der Waals surface area contributed by atoms with Gasteiger partial charge in [0.2, 0.25) is 0 Å². The van der Waals surface area contributed by atoms with Gasteiger partial charge in [-0.2, -0.15) is 0 Å². The Morgan fingerprint density at radius 2 is 1.36 bits per heavy atom. The molecule has 1 nitrogen and oxygen atoms in total. The molecule has 0 saturated heterocycles.